The first-order chi connectivity index (χ1) is 10.2. The van der Waals surface area contributed by atoms with Crippen LogP contribution in [0.4, 0.5) is 5.69 Å². The smallest absolute Gasteiger partial charge is 0.314 e. The van der Waals surface area contributed by atoms with Gasteiger partial charge in [0.05, 0.1) is 5.92 Å². The number of hydrogen-bond acceptors (Lipinski definition) is 4. The molecular formula is C17H24N2O3. The molecule has 0 saturated carbocycles. The van der Waals surface area contributed by atoms with Crippen molar-refractivity contribution in [2.75, 3.05) is 19.0 Å². The van der Waals surface area contributed by atoms with Crippen molar-refractivity contribution < 1.29 is 14.3 Å². The molecule has 22 heavy (non-hydrogen) atoms. The van der Waals surface area contributed by atoms with Crippen molar-refractivity contribution in [1.82, 2.24) is 5.32 Å². The molecule has 1 aromatic carbocycles. The third-order valence-electron chi connectivity index (χ3n) is 3.60. The standard InChI is InChI=1S/C17H24N2O3/c1-17(2,3)18-15(20)14-10-13(16(21)22-14)11-6-8-12(9-7-11)19(4)5/h6-9,13-14H,10H2,1-5H3,(H,18,20)/t13-,14?/m1/s1. The third kappa shape index (κ3) is 3.78. The largest absolute Gasteiger partial charge is 0.452 e. The Balaban J connectivity index is 2.08. The average molecular weight is 304 g/mol. The van der Waals surface area contributed by atoms with Crippen molar-refractivity contribution in [3.63, 3.8) is 0 Å². The predicted octanol–water partition coefficient (Wildman–Crippen LogP) is 2.07. The number of carbonyl (C=O) groups is 2. The highest BCUT2D eigenvalue weighted by molar-refractivity contribution is 5.90. The van der Waals surface area contributed by atoms with E-state index in [1.54, 1.807) is 0 Å². The summed E-state index contributed by atoms with van der Waals surface area (Å²) in [5.41, 5.74) is 1.62. The summed E-state index contributed by atoms with van der Waals surface area (Å²) in [6.07, 6.45) is -0.313. The Hall–Kier alpha value is -2.04. The summed E-state index contributed by atoms with van der Waals surface area (Å²) in [7, 11) is 3.93. The number of esters is 1. The van der Waals surface area contributed by atoms with Crippen molar-refractivity contribution in [3.05, 3.63) is 29.8 Å². The van der Waals surface area contributed by atoms with Crippen LogP contribution in [-0.4, -0.2) is 37.6 Å². The summed E-state index contributed by atoms with van der Waals surface area (Å²) in [6, 6.07) is 7.77. The molecule has 0 radical (unpaired) electrons. The van der Waals surface area contributed by atoms with E-state index in [9.17, 15) is 9.59 Å². The first-order valence-corrected chi connectivity index (χ1v) is 7.47. The maximum Gasteiger partial charge on any atom is 0.314 e. The molecular weight excluding hydrogens is 280 g/mol. The van der Waals surface area contributed by atoms with Gasteiger partial charge in [-0.1, -0.05) is 12.1 Å². The molecule has 1 fully saturated rings. The van der Waals surface area contributed by atoms with Gasteiger partial charge in [-0.2, -0.15) is 0 Å². The molecule has 1 aliphatic heterocycles. The van der Waals surface area contributed by atoms with Crippen LogP contribution in [0.2, 0.25) is 0 Å². The van der Waals surface area contributed by atoms with Gasteiger partial charge in [0, 0.05) is 31.7 Å². The van der Waals surface area contributed by atoms with Gasteiger partial charge in [-0.05, 0) is 38.5 Å². The Morgan fingerprint density at radius 3 is 2.32 bits per heavy atom. The first kappa shape index (κ1) is 16.3. The van der Waals surface area contributed by atoms with Gasteiger partial charge in [0.15, 0.2) is 6.10 Å². The van der Waals surface area contributed by atoms with Crippen LogP contribution in [0.5, 0.6) is 0 Å². The quantitative estimate of drug-likeness (QED) is 0.869. The molecule has 1 unspecified atom stereocenters. The van der Waals surface area contributed by atoms with E-state index in [1.807, 2.05) is 64.0 Å². The van der Waals surface area contributed by atoms with Crippen LogP contribution in [0.3, 0.4) is 0 Å². The van der Waals surface area contributed by atoms with Crippen LogP contribution in [0.25, 0.3) is 0 Å². The zero-order valence-electron chi connectivity index (χ0n) is 13.8. The Kier molecular flexibility index (Phi) is 4.44. The lowest BCUT2D eigenvalue weighted by molar-refractivity contribution is -0.149. The van der Waals surface area contributed by atoms with Gasteiger partial charge >= 0.3 is 5.97 Å². The van der Waals surface area contributed by atoms with E-state index in [0.29, 0.717) is 6.42 Å². The van der Waals surface area contributed by atoms with Gasteiger partial charge in [-0.15, -0.1) is 0 Å². The van der Waals surface area contributed by atoms with Crippen LogP contribution < -0.4 is 10.2 Å². The van der Waals surface area contributed by atoms with E-state index in [4.69, 9.17) is 4.74 Å². The fourth-order valence-electron chi connectivity index (χ4n) is 2.47. The SMILES string of the molecule is CN(C)c1ccc([C@H]2CC(C(=O)NC(C)(C)C)OC2=O)cc1. The Bertz CT molecular complexity index is 558. The van der Waals surface area contributed by atoms with Gasteiger partial charge in [0.1, 0.15) is 0 Å². The molecule has 0 bridgehead atoms. The van der Waals surface area contributed by atoms with Crippen molar-refractivity contribution in [1.29, 1.82) is 0 Å². The number of benzene rings is 1. The fourth-order valence-corrected chi connectivity index (χ4v) is 2.47. The molecule has 1 amide bonds. The number of carbonyl (C=O) groups excluding carboxylic acids is 2. The lowest BCUT2D eigenvalue weighted by Crippen LogP contribution is -2.45. The molecule has 1 N–H and O–H groups in total. The molecule has 1 heterocycles. The molecule has 1 saturated heterocycles. The molecule has 5 heteroatoms. The molecule has 0 spiro atoms. The topological polar surface area (TPSA) is 58.6 Å². The minimum atomic E-state index is -0.703. The molecule has 0 aromatic heterocycles. The number of amides is 1. The van der Waals surface area contributed by atoms with Gasteiger partial charge < -0.3 is 15.0 Å². The van der Waals surface area contributed by atoms with E-state index in [1.165, 1.54) is 0 Å². The lowest BCUT2D eigenvalue weighted by atomic mass is 9.95. The second kappa shape index (κ2) is 5.99. The maximum absolute atomic E-state index is 12.1. The summed E-state index contributed by atoms with van der Waals surface area (Å²) in [5, 5.41) is 2.85. The third-order valence-corrected chi connectivity index (χ3v) is 3.60. The Morgan fingerprint density at radius 2 is 1.82 bits per heavy atom. The minimum Gasteiger partial charge on any atom is -0.452 e. The van der Waals surface area contributed by atoms with Crippen LogP contribution in [0.15, 0.2) is 24.3 Å². The lowest BCUT2D eigenvalue weighted by Gasteiger charge is -2.22. The number of hydrogen-bond donors (Lipinski definition) is 1. The molecule has 0 aliphatic carbocycles. The number of nitrogens with one attached hydrogen (secondary N) is 1. The molecule has 2 rings (SSSR count). The van der Waals surface area contributed by atoms with Crippen LogP contribution >= 0.6 is 0 Å². The van der Waals surface area contributed by atoms with Gasteiger partial charge in [-0.25, -0.2) is 0 Å². The number of anilines is 1. The Morgan fingerprint density at radius 1 is 1.23 bits per heavy atom. The highest BCUT2D eigenvalue weighted by Gasteiger charge is 2.40. The number of cyclic esters (lactones) is 1. The zero-order chi connectivity index (χ0) is 16.5. The first-order valence-electron chi connectivity index (χ1n) is 7.47. The van der Waals surface area contributed by atoms with E-state index < -0.39 is 6.10 Å². The van der Waals surface area contributed by atoms with Gasteiger partial charge in [0.25, 0.3) is 5.91 Å². The second-order valence-electron chi connectivity index (χ2n) is 6.94. The predicted molar refractivity (Wildman–Crippen MR) is 85.9 cm³/mol. The van der Waals surface area contributed by atoms with E-state index in [0.717, 1.165) is 11.3 Å². The number of nitrogens with zero attached hydrogens (tertiary/aromatic N) is 1. The Labute approximate surface area is 131 Å². The molecule has 1 aromatic rings. The molecule has 5 nitrogen and oxygen atoms in total. The average Bonchev–Trinajstić information content (AvgIpc) is 2.79. The van der Waals surface area contributed by atoms with E-state index >= 15 is 0 Å². The summed E-state index contributed by atoms with van der Waals surface area (Å²) in [6.45, 7) is 5.71. The van der Waals surface area contributed by atoms with Gasteiger partial charge in [-0.3, -0.25) is 9.59 Å². The summed E-state index contributed by atoms with van der Waals surface area (Å²) >= 11 is 0. The monoisotopic (exact) mass is 304 g/mol. The van der Waals surface area contributed by atoms with Crippen LogP contribution in [0, 0.1) is 0 Å². The van der Waals surface area contributed by atoms with E-state index in [2.05, 4.69) is 5.32 Å². The normalized spacial score (nSPS) is 21.4. The number of rotatable bonds is 3. The maximum atomic E-state index is 12.1. The van der Waals surface area contributed by atoms with E-state index in [-0.39, 0.29) is 23.3 Å². The van der Waals surface area contributed by atoms with Gasteiger partial charge in [0.2, 0.25) is 0 Å². The summed E-state index contributed by atoms with van der Waals surface area (Å²) in [5.74, 6) is -0.924. The molecule has 120 valence electrons. The van der Waals surface area contributed by atoms with Crippen molar-refractivity contribution in [2.24, 2.45) is 0 Å². The second-order valence-corrected chi connectivity index (χ2v) is 6.94. The summed E-state index contributed by atoms with van der Waals surface area (Å²) in [4.78, 5) is 26.2. The number of ether oxygens (including phenoxy) is 1. The highest BCUT2D eigenvalue weighted by atomic mass is 16.6. The van der Waals surface area contributed by atoms with Crippen LogP contribution in [0.1, 0.15) is 38.7 Å². The summed E-state index contributed by atoms with van der Waals surface area (Å²) < 4.78 is 5.25. The fraction of sp³-hybridized carbons (Fsp3) is 0.529. The zero-order valence-corrected chi connectivity index (χ0v) is 13.8. The minimum absolute atomic E-state index is 0.228. The van der Waals surface area contributed by atoms with Crippen molar-refractivity contribution in [2.45, 2.75) is 44.8 Å². The van der Waals surface area contributed by atoms with Crippen molar-refractivity contribution in [3.8, 4) is 0 Å². The molecule has 1 aliphatic rings. The van der Waals surface area contributed by atoms with Crippen LogP contribution in [-0.2, 0) is 14.3 Å². The molecule has 2 atom stereocenters. The highest BCUT2D eigenvalue weighted by Crippen LogP contribution is 2.32. The van der Waals surface area contributed by atoms with Crippen molar-refractivity contribution >= 4 is 17.6 Å².